The number of unbranched alkanes of at least 4 members (excludes halogenated alkanes) is 29. The monoisotopic (exact) mass is 884 g/mol. The highest BCUT2D eigenvalue weighted by Crippen LogP contribution is 2.38. The van der Waals surface area contributed by atoms with E-state index >= 15 is 0 Å². The molecule has 0 saturated heterocycles. The van der Waals surface area contributed by atoms with Gasteiger partial charge in [-0.05, 0) is 64.2 Å². The third-order valence-corrected chi connectivity index (χ3v) is 12.2. The molecule has 360 valence electrons. The maximum atomic E-state index is 12.7. The van der Waals surface area contributed by atoms with Crippen molar-refractivity contribution >= 4 is 19.8 Å². The molecule has 2 unspecified atom stereocenters. The van der Waals surface area contributed by atoms with Crippen molar-refractivity contribution in [2.45, 2.75) is 245 Å². The Labute approximate surface area is 377 Å². The molecule has 0 N–H and O–H groups in total. The highest BCUT2D eigenvalue weighted by molar-refractivity contribution is 7.45. The second kappa shape index (κ2) is 43.7. The lowest BCUT2D eigenvalue weighted by Gasteiger charge is -2.28. The molecule has 0 aliphatic rings. The highest BCUT2D eigenvalue weighted by Gasteiger charge is 2.21. The molecule has 0 aromatic rings. The summed E-state index contributed by atoms with van der Waals surface area (Å²) >= 11 is 0. The Morgan fingerprint density at radius 2 is 0.836 bits per heavy atom. The third kappa shape index (κ3) is 47.8. The van der Waals surface area contributed by atoms with Crippen molar-refractivity contribution in [3.8, 4) is 0 Å². The Kier molecular flexibility index (Phi) is 42.6. The molecule has 9 nitrogen and oxygen atoms in total. The van der Waals surface area contributed by atoms with Gasteiger partial charge in [-0.3, -0.25) is 14.2 Å². The number of carbonyl (C=O) groups is 2. The minimum atomic E-state index is -4.63. The van der Waals surface area contributed by atoms with Gasteiger partial charge >= 0.3 is 11.9 Å². The van der Waals surface area contributed by atoms with Gasteiger partial charge in [0.1, 0.15) is 19.8 Å². The number of carbonyl (C=O) groups excluding carboxylic acids is 2. The number of phosphoric acid groups is 1. The first-order valence-corrected chi connectivity index (χ1v) is 27.0. The van der Waals surface area contributed by atoms with Crippen molar-refractivity contribution in [3.63, 3.8) is 0 Å². The number of hydrogen-bond acceptors (Lipinski definition) is 8. The van der Waals surface area contributed by atoms with E-state index in [1.54, 1.807) is 0 Å². The topological polar surface area (TPSA) is 111 Å². The first-order chi connectivity index (χ1) is 29.5. The molecule has 0 bridgehead atoms. The van der Waals surface area contributed by atoms with Gasteiger partial charge in [0.2, 0.25) is 0 Å². The predicted octanol–water partition coefficient (Wildman–Crippen LogP) is 14.5. The van der Waals surface area contributed by atoms with E-state index in [0.717, 1.165) is 57.8 Å². The van der Waals surface area contributed by atoms with Crippen LogP contribution >= 0.6 is 7.82 Å². The third-order valence-electron chi connectivity index (χ3n) is 11.2. The summed E-state index contributed by atoms with van der Waals surface area (Å²) < 4.78 is 34.0. The van der Waals surface area contributed by atoms with E-state index in [9.17, 15) is 19.0 Å². The Bertz CT molecular complexity index is 1090. The minimum Gasteiger partial charge on any atom is -0.756 e. The van der Waals surface area contributed by atoms with Crippen LogP contribution in [-0.2, 0) is 32.7 Å². The van der Waals surface area contributed by atoms with E-state index in [2.05, 4.69) is 38.2 Å². The van der Waals surface area contributed by atoms with E-state index in [-0.39, 0.29) is 26.1 Å². The minimum absolute atomic E-state index is 0.0304. The fraction of sp³-hybridized carbons (Fsp3) is 0.882. The number of ether oxygens (including phenoxy) is 2. The standard InChI is InChI=1S/C51H98NO8P/c1-6-8-10-12-14-16-18-20-21-22-23-24-25-26-27-28-29-30-31-32-34-36-38-40-42-44-51(54)60-49(48-59-61(55,56)58-46-45-52(3,4)5)47-57-50(53)43-41-39-37-35-33-19-17-15-13-11-9-7-2/h15,17,22-23,49H,6-14,16,18-21,24-48H2,1-5H3/b17-15-,23-22-. The molecular formula is C51H98NO8P. The van der Waals surface area contributed by atoms with Gasteiger partial charge in [-0.25, -0.2) is 0 Å². The van der Waals surface area contributed by atoms with Crippen LogP contribution in [0.5, 0.6) is 0 Å². The summed E-state index contributed by atoms with van der Waals surface area (Å²) in [5.41, 5.74) is 0. The van der Waals surface area contributed by atoms with Gasteiger partial charge in [0.15, 0.2) is 6.10 Å². The van der Waals surface area contributed by atoms with Crippen molar-refractivity contribution in [2.24, 2.45) is 0 Å². The molecule has 0 aromatic carbocycles. The number of hydrogen-bond donors (Lipinski definition) is 0. The van der Waals surface area contributed by atoms with Crippen LogP contribution in [-0.4, -0.2) is 70.0 Å². The van der Waals surface area contributed by atoms with Crippen LogP contribution in [0.25, 0.3) is 0 Å². The molecule has 0 rings (SSSR count). The number of likely N-dealkylation sites (N-methyl/N-ethyl adjacent to an activating group) is 1. The number of esters is 2. The Morgan fingerprint density at radius 1 is 0.492 bits per heavy atom. The van der Waals surface area contributed by atoms with Gasteiger partial charge in [-0.2, -0.15) is 0 Å². The van der Waals surface area contributed by atoms with Crippen LogP contribution in [0.15, 0.2) is 24.3 Å². The van der Waals surface area contributed by atoms with E-state index in [4.69, 9.17) is 18.5 Å². The summed E-state index contributed by atoms with van der Waals surface area (Å²) in [6, 6.07) is 0. The van der Waals surface area contributed by atoms with Crippen molar-refractivity contribution in [2.75, 3.05) is 47.5 Å². The van der Waals surface area contributed by atoms with Gasteiger partial charge in [-0.1, -0.05) is 186 Å². The van der Waals surface area contributed by atoms with Gasteiger partial charge in [-0.15, -0.1) is 0 Å². The van der Waals surface area contributed by atoms with Gasteiger partial charge in [0, 0.05) is 12.8 Å². The van der Waals surface area contributed by atoms with Crippen LogP contribution < -0.4 is 4.89 Å². The fourth-order valence-electron chi connectivity index (χ4n) is 7.17. The lowest BCUT2D eigenvalue weighted by Crippen LogP contribution is -2.37. The number of quaternary nitrogens is 1. The second-order valence-electron chi connectivity index (χ2n) is 18.5. The molecule has 0 saturated carbocycles. The molecule has 0 aromatic heterocycles. The predicted molar refractivity (Wildman–Crippen MR) is 254 cm³/mol. The van der Waals surface area contributed by atoms with Crippen LogP contribution in [0.3, 0.4) is 0 Å². The van der Waals surface area contributed by atoms with Gasteiger partial charge < -0.3 is 27.9 Å². The summed E-state index contributed by atoms with van der Waals surface area (Å²) in [7, 11) is 1.17. The van der Waals surface area contributed by atoms with Crippen molar-refractivity contribution in [3.05, 3.63) is 24.3 Å². The first-order valence-electron chi connectivity index (χ1n) is 25.5. The van der Waals surface area contributed by atoms with Crippen molar-refractivity contribution < 1.29 is 42.1 Å². The average Bonchev–Trinajstić information content (AvgIpc) is 3.21. The molecule has 0 aliphatic heterocycles. The SMILES string of the molecule is CCCCC/C=C\CCCCCCCC(=O)OCC(COP(=O)([O-])OCC[N+](C)(C)C)OC(=O)CCCCCCCCCCCCCCC/C=C\CCCCCCCCCC. The molecule has 0 fully saturated rings. The molecule has 0 amide bonds. The maximum Gasteiger partial charge on any atom is 0.306 e. The van der Waals surface area contributed by atoms with Crippen LogP contribution in [0, 0.1) is 0 Å². The number of allylic oxidation sites excluding steroid dienone is 4. The molecule has 0 heterocycles. The summed E-state index contributed by atoms with van der Waals surface area (Å²) in [5.74, 6) is -0.837. The Hall–Kier alpha value is -1.51. The summed E-state index contributed by atoms with van der Waals surface area (Å²) in [6.07, 6.45) is 49.3. The van der Waals surface area contributed by atoms with E-state index in [0.29, 0.717) is 17.4 Å². The van der Waals surface area contributed by atoms with E-state index < -0.39 is 32.5 Å². The maximum absolute atomic E-state index is 12.7. The summed E-state index contributed by atoms with van der Waals surface area (Å²) in [4.78, 5) is 37.6. The summed E-state index contributed by atoms with van der Waals surface area (Å²) in [5, 5.41) is 0. The lowest BCUT2D eigenvalue weighted by molar-refractivity contribution is -0.870. The zero-order valence-corrected chi connectivity index (χ0v) is 41.5. The zero-order chi connectivity index (χ0) is 45.0. The Balaban J connectivity index is 4.15. The number of phosphoric ester groups is 1. The number of nitrogens with zero attached hydrogens (tertiary/aromatic N) is 1. The Morgan fingerprint density at radius 3 is 1.25 bits per heavy atom. The van der Waals surface area contributed by atoms with Crippen LogP contribution in [0.2, 0.25) is 0 Å². The number of rotatable bonds is 47. The van der Waals surface area contributed by atoms with Crippen molar-refractivity contribution in [1.82, 2.24) is 0 Å². The van der Waals surface area contributed by atoms with Crippen molar-refractivity contribution in [1.29, 1.82) is 0 Å². The first kappa shape index (κ1) is 59.5. The molecule has 0 spiro atoms. The normalized spacial score (nSPS) is 13.6. The highest BCUT2D eigenvalue weighted by atomic mass is 31.2. The second-order valence-corrected chi connectivity index (χ2v) is 19.9. The fourth-order valence-corrected chi connectivity index (χ4v) is 7.90. The molecule has 0 aliphatic carbocycles. The molecule has 61 heavy (non-hydrogen) atoms. The average molecular weight is 884 g/mol. The van der Waals surface area contributed by atoms with E-state index in [1.165, 1.54) is 148 Å². The largest absolute Gasteiger partial charge is 0.756 e. The van der Waals surface area contributed by atoms with Crippen LogP contribution in [0.1, 0.15) is 239 Å². The smallest absolute Gasteiger partial charge is 0.306 e. The summed E-state index contributed by atoms with van der Waals surface area (Å²) in [6.45, 7) is 4.22. The lowest BCUT2D eigenvalue weighted by atomic mass is 10.0. The van der Waals surface area contributed by atoms with Gasteiger partial charge in [0.05, 0.1) is 27.7 Å². The molecule has 0 radical (unpaired) electrons. The molecular weight excluding hydrogens is 786 g/mol. The van der Waals surface area contributed by atoms with Crippen LogP contribution in [0.4, 0.5) is 0 Å². The quantitative estimate of drug-likeness (QED) is 0.0195. The van der Waals surface area contributed by atoms with Gasteiger partial charge in [0.25, 0.3) is 7.82 Å². The molecule has 2 atom stereocenters. The zero-order valence-electron chi connectivity index (χ0n) is 40.6. The molecule has 10 heteroatoms. The van der Waals surface area contributed by atoms with E-state index in [1.807, 2.05) is 21.1 Å².